The number of nitrogens with zero attached hydrogens (tertiary/aromatic N) is 1. The maximum absolute atomic E-state index is 6.30. The van der Waals surface area contributed by atoms with Crippen LogP contribution in [0.5, 0.6) is 0 Å². The number of hydrogen-bond donors (Lipinski definition) is 1. The molecule has 1 heterocycles. The molecule has 2 aliphatic rings. The smallest absolute Gasteiger partial charge is 0.00793 e. The van der Waals surface area contributed by atoms with Crippen molar-refractivity contribution in [3.63, 3.8) is 0 Å². The zero-order valence-electron chi connectivity index (χ0n) is 12.9. The van der Waals surface area contributed by atoms with Gasteiger partial charge in [0.1, 0.15) is 0 Å². The molecule has 0 bridgehead atoms. The van der Waals surface area contributed by atoms with Crippen molar-refractivity contribution in [2.45, 2.75) is 77.2 Å². The third-order valence-electron chi connectivity index (χ3n) is 5.28. The van der Waals surface area contributed by atoms with E-state index in [0.29, 0.717) is 6.04 Å². The lowest BCUT2D eigenvalue weighted by Gasteiger charge is -2.38. The Kier molecular flexibility index (Phi) is 6.66. The molecule has 0 aromatic rings. The first-order chi connectivity index (χ1) is 9.29. The van der Waals surface area contributed by atoms with Crippen LogP contribution in [0.15, 0.2) is 0 Å². The monoisotopic (exact) mass is 266 g/mol. The minimum Gasteiger partial charge on any atom is -0.327 e. The third kappa shape index (κ3) is 5.07. The van der Waals surface area contributed by atoms with Crippen molar-refractivity contribution in [1.29, 1.82) is 0 Å². The van der Waals surface area contributed by atoms with Crippen LogP contribution >= 0.6 is 0 Å². The molecule has 1 aliphatic heterocycles. The lowest BCUT2D eigenvalue weighted by atomic mass is 9.84. The predicted molar refractivity (Wildman–Crippen MR) is 83.2 cm³/mol. The number of rotatable bonds is 6. The molecule has 2 nitrogen and oxygen atoms in total. The molecular formula is C17H34N2. The van der Waals surface area contributed by atoms with Gasteiger partial charge in [-0.15, -0.1) is 0 Å². The van der Waals surface area contributed by atoms with Gasteiger partial charge < -0.3 is 10.6 Å². The zero-order chi connectivity index (χ0) is 13.5. The van der Waals surface area contributed by atoms with Crippen LogP contribution in [0.3, 0.4) is 0 Å². The maximum Gasteiger partial charge on any atom is 0.00793 e. The van der Waals surface area contributed by atoms with Crippen LogP contribution in [-0.4, -0.2) is 30.6 Å². The summed E-state index contributed by atoms with van der Waals surface area (Å²) < 4.78 is 0. The second kappa shape index (κ2) is 8.26. The van der Waals surface area contributed by atoms with Gasteiger partial charge in [0.25, 0.3) is 0 Å². The largest absolute Gasteiger partial charge is 0.327 e. The van der Waals surface area contributed by atoms with E-state index >= 15 is 0 Å². The Labute approximate surface area is 120 Å². The van der Waals surface area contributed by atoms with Crippen molar-refractivity contribution in [2.75, 3.05) is 19.6 Å². The molecule has 2 heteroatoms. The van der Waals surface area contributed by atoms with Crippen LogP contribution in [-0.2, 0) is 0 Å². The molecule has 1 saturated carbocycles. The van der Waals surface area contributed by atoms with Gasteiger partial charge in [0.05, 0.1) is 0 Å². The normalized spacial score (nSPS) is 33.5. The molecule has 1 aliphatic carbocycles. The van der Waals surface area contributed by atoms with Gasteiger partial charge >= 0.3 is 0 Å². The Balaban J connectivity index is 1.70. The van der Waals surface area contributed by atoms with E-state index in [4.69, 9.17) is 5.73 Å². The highest BCUT2D eigenvalue weighted by Gasteiger charge is 2.26. The summed E-state index contributed by atoms with van der Waals surface area (Å²) in [6, 6.07) is 0.481. The van der Waals surface area contributed by atoms with Gasteiger partial charge in [-0.25, -0.2) is 0 Å². The van der Waals surface area contributed by atoms with E-state index in [2.05, 4.69) is 11.8 Å². The molecule has 19 heavy (non-hydrogen) atoms. The van der Waals surface area contributed by atoms with Crippen LogP contribution in [0.2, 0.25) is 0 Å². The molecule has 0 spiro atoms. The van der Waals surface area contributed by atoms with Crippen molar-refractivity contribution in [1.82, 2.24) is 4.90 Å². The fraction of sp³-hybridized carbons (Fsp3) is 1.00. The molecule has 2 N–H and O–H groups in total. The van der Waals surface area contributed by atoms with Gasteiger partial charge in [-0.3, -0.25) is 0 Å². The molecule has 0 aromatic carbocycles. The van der Waals surface area contributed by atoms with E-state index in [0.717, 1.165) is 11.8 Å². The van der Waals surface area contributed by atoms with Crippen LogP contribution in [0.25, 0.3) is 0 Å². The van der Waals surface area contributed by atoms with Crippen molar-refractivity contribution in [3.8, 4) is 0 Å². The summed E-state index contributed by atoms with van der Waals surface area (Å²) in [4.78, 5) is 2.73. The number of likely N-dealkylation sites (tertiary alicyclic amines) is 1. The van der Waals surface area contributed by atoms with E-state index < -0.39 is 0 Å². The van der Waals surface area contributed by atoms with E-state index in [-0.39, 0.29) is 0 Å². The molecule has 2 rings (SSSR count). The van der Waals surface area contributed by atoms with Gasteiger partial charge in [-0.05, 0) is 50.5 Å². The first kappa shape index (κ1) is 15.3. The number of nitrogens with two attached hydrogens (primary N) is 1. The second-order valence-corrected chi connectivity index (χ2v) is 6.97. The van der Waals surface area contributed by atoms with Gasteiger partial charge in [0.2, 0.25) is 0 Å². The highest BCUT2D eigenvalue weighted by molar-refractivity contribution is 4.82. The quantitative estimate of drug-likeness (QED) is 0.741. The summed E-state index contributed by atoms with van der Waals surface area (Å²) >= 11 is 0. The SMILES string of the molecule is CCCCC[C@@H]1CCCN(C[C@@H]2CCCC[C@H]2N)C1. The van der Waals surface area contributed by atoms with E-state index in [9.17, 15) is 0 Å². The van der Waals surface area contributed by atoms with Gasteiger partial charge in [-0.2, -0.15) is 0 Å². The van der Waals surface area contributed by atoms with E-state index in [1.807, 2.05) is 0 Å². The predicted octanol–water partition coefficient (Wildman–Crippen LogP) is 3.80. The molecule has 0 unspecified atom stereocenters. The molecule has 0 radical (unpaired) electrons. The zero-order valence-corrected chi connectivity index (χ0v) is 12.9. The summed E-state index contributed by atoms with van der Waals surface area (Å²) in [6.45, 7) is 6.27. The Morgan fingerprint density at radius 3 is 2.68 bits per heavy atom. The summed E-state index contributed by atoms with van der Waals surface area (Å²) in [6.07, 6.45) is 14.0. The topological polar surface area (TPSA) is 29.3 Å². The van der Waals surface area contributed by atoms with Crippen LogP contribution in [0.1, 0.15) is 71.1 Å². The Bertz CT molecular complexity index is 241. The summed E-state index contributed by atoms with van der Waals surface area (Å²) in [5.74, 6) is 1.75. The maximum atomic E-state index is 6.30. The highest BCUT2D eigenvalue weighted by Crippen LogP contribution is 2.27. The Morgan fingerprint density at radius 1 is 1.05 bits per heavy atom. The fourth-order valence-electron chi connectivity index (χ4n) is 4.03. The molecule has 112 valence electrons. The number of hydrogen-bond acceptors (Lipinski definition) is 2. The third-order valence-corrected chi connectivity index (χ3v) is 5.28. The minimum absolute atomic E-state index is 0.481. The van der Waals surface area contributed by atoms with Gasteiger partial charge in [-0.1, -0.05) is 39.0 Å². The van der Waals surface area contributed by atoms with Gasteiger partial charge in [0.15, 0.2) is 0 Å². The lowest BCUT2D eigenvalue weighted by Crippen LogP contribution is -2.44. The lowest BCUT2D eigenvalue weighted by molar-refractivity contribution is 0.124. The van der Waals surface area contributed by atoms with Crippen LogP contribution in [0.4, 0.5) is 0 Å². The summed E-state index contributed by atoms with van der Waals surface area (Å²) in [5.41, 5.74) is 6.30. The molecule has 1 saturated heterocycles. The van der Waals surface area contributed by atoms with E-state index in [1.165, 1.54) is 83.8 Å². The first-order valence-corrected chi connectivity index (χ1v) is 8.77. The van der Waals surface area contributed by atoms with Crippen molar-refractivity contribution < 1.29 is 0 Å². The number of unbranched alkanes of at least 4 members (excludes halogenated alkanes) is 2. The number of piperidine rings is 1. The minimum atomic E-state index is 0.481. The molecule has 0 aromatic heterocycles. The van der Waals surface area contributed by atoms with Crippen LogP contribution < -0.4 is 5.73 Å². The van der Waals surface area contributed by atoms with Gasteiger partial charge in [0, 0.05) is 19.1 Å². The molecular weight excluding hydrogens is 232 g/mol. The second-order valence-electron chi connectivity index (χ2n) is 6.97. The summed E-state index contributed by atoms with van der Waals surface area (Å²) in [7, 11) is 0. The average Bonchev–Trinajstić information content (AvgIpc) is 2.42. The van der Waals surface area contributed by atoms with Crippen molar-refractivity contribution in [3.05, 3.63) is 0 Å². The molecule has 0 amide bonds. The first-order valence-electron chi connectivity index (χ1n) is 8.77. The average molecular weight is 266 g/mol. The van der Waals surface area contributed by atoms with Crippen molar-refractivity contribution in [2.24, 2.45) is 17.6 Å². The Morgan fingerprint density at radius 2 is 1.89 bits per heavy atom. The van der Waals surface area contributed by atoms with Crippen molar-refractivity contribution >= 4 is 0 Å². The highest BCUT2D eigenvalue weighted by atomic mass is 15.1. The fourth-order valence-corrected chi connectivity index (χ4v) is 4.03. The Hall–Kier alpha value is -0.0800. The molecule has 3 atom stereocenters. The van der Waals surface area contributed by atoms with Crippen LogP contribution in [0, 0.1) is 11.8 Å². The molecule has 2 fully saturated rings. The summed E-state index contributed by atoms with van der Waals surface area (Å²) in [5, 5.41) is 0. The van der Waals surface area contributed by atoms with E-state index in [1.54, 1.807) is 0 Å². The standard InChI is InChI=1S/C17H34N2/c1-2-3-4-8-15-9-7-12-19(13-15)14-16-10-5-6-11-17(16)18/h15-17H,2-14,18H2,1H3/t15-,16+,17-/m1/s1.